The maximum Gasteiger partial charge on any atom is 0.302 e. The molecule has 0 aromatic heterocycles. The minimum Gasteiger partial charge on any atom is -0.462 e. The van der Waals surface area contributed by atoms with Crippen molar-refractivity contribution in [2.24, 2.45) is 40.4 Å². The summed E-state index contributed by atoms with van der Waals surface area (Å²) in [7, 11) is 0. The lowest BCUT2D eigenvalue weighted by Gasteiger charge is -2.64. The second-order valence-electron chi connectivity index (χ2n) is 14.9. The number of ether oxygens (including phenoxy) is 1. The van der Waals surface area contributed by atoms with Gasteiger partial charge in [0.1, 0.15) is 6.10 Å². The molecule has 0 amide bonds. The van der Waals surface area contributed by atoms with E-state index in [0.29, 0.717) is 23.2 Å². The van der Waals surface area contributed by atoms with Crippen molar-refractivity contribution < 1.29 is 9.53 Å². The van der Waals surface area contributed by atoms with Crippen LogP contribution < -0.4 is 0 Å². The first-order chi connectivity index (χ1) is 20.1. The van der Waals surface area contributed by atoms with Gasteiger partial charge in [-0.3, -0.25) is 4.79 Å². The third-order valence-electron chi connectivity index (χ3n) is 12.9. The minimum atomic E-state index is -0.232. The van der Waals surface area contributed by atoms with E-state index in [1.165, 1.54) is 50.2 Å². The van der Waals surface area contributed by atoms with E-state index in [1.54, 1.807) is 0 Å². The molecule has 0 N–H and O–H groups in total. The van der Waals surface area contributed by atoms with E-state index in [-0.39, 0.29) is 22.4 Å². The molecule has 0 spiro atoms. The summed E-state index contributed by atoms with van der Waals surface area (Å²) < 4.78 is 5.68. The maximum absolute atomic E-state index is 11.7. The molecule has 2 aromatic carbocycles. The topological polar surface area (TPSA) is 26.3 Å². The molecule has 9 unspecified atom stereocenters. The average Bonchev–Trinajstić information content (AvgIpc) is 3.34. The molecule has 0 radical (unpaired) electrons. The van der Waals surface area contributed by atoms with Crippen molar-refractivity contribution in [3.05, 3.63) is 83.9 Å². The molecule has 0 aliphatic heterocycles. The van der Waals surface area contributed by atoms with Gasteiger partial charge in [-0.2, -0.15) is 0 Å². The molecule has 226 valence electrons. The summed E-state index contributed by atoms with van der Waals surface area (Å²) in [5.41, 5.74) is 3.31. The Morgan fingerprint density at radius 2 is 1.57 bits per heavy atom. The Hall–Kier alpha value is -2.06. The van der Waals surface area contributed by atoms with Gasteiger partial charge in [0.05, 0.1) is 4.87 Å². The summed E-state index contributed by atoms with van der Waals surface area (Å²) in [6.45, 7) is 9.22. The van der Waals surface area contributed by atoms with Crippen LogP contribution in [-0.2, 0) is 9.53 Å². The van der Waals surface area contributed by atoms with Crippen LogP contribution in [0.1, 0.15) is 109 Å². The van der Waals surface area contributed by atoms with Gasteiger partial charge in [-0.15, -0.1) is 11.6 Å². The molecule has 4 aliphatic rings. The van der Waals surface area contributed by atoms with Crippen molar-refractivity contribution in [3.63, 3.8) is 0 Å². The largest absolute Gasteiger partial charge is 0.462 e. The van der Waals surface area contributed by atoms with E-state index < -0.39 is 0 Å². The molecular formula is C39H51ClO2. The number of fused-ring (bicyclic) bond motifs is 5. The molecule has 0 bridgehead atoms. The number of carbonyl (C=O) groups excluding carboxylic acids is 1. The van der Waals surface area contributed by atoms with Crippen LogP contribution in [0.5, 0.6) is 0 Å². The second kappa shape index (κ2) is 11.8. The highest BCUT2D eigenvalue weighted by molar-refractivity contribution is 6.24. The molecular weight excluding hydrogens is 536 g/mol. The van der Waals surface area contributed by atoms with Gasteiger partial charge in [-0.05, 0) is 109 Å². The Bertz CT molecular complexity index is 1220. The fourth-order valence-electron chi connectivity index (χ4n) is 10.8. The number of carbonyl (C=O) groups is 1. The highest BCUT2D eigenvalue weighted by Crippen LogP contribution is 2.70. The second-order valence-corrected chi connectivity index (χ2v) is 15.7. The van der Waals surface area contributed by atoms with Gasteiger partial charge in [0.2, 0.25) is 0 Å². The number of alkyl halides is 1. The Kier molecular flexibility index (Phi) is 8.42. The Morgan fingerprint density at radius 3 is 2.21 bits per heavy atom. The van der Waals surface area contributed by atoms with Crippen molar-refractivity contribution in [3.8, 4) is 0 Å². The Labute approximate surface area is 259 Å². The van der Waals surface area contributed by atoms with Gasteiger partial charge in [-0.25, -0.2) is 0 Å². The lowest BCUT2D eigenvalue weighted by molar-refractivity contribution is -0.157. The molecule has 2 aromatic rings. The lowest BCUT2D eigenvalue weighted by Crippen LogP contribution is -2.60. The summed E-state index contributed by atoms with van der Waals surface area (Å²) >= 11 is 7.55. The maximum atomic E-state index is 11.7. The molecule has 6 rings (SSSR count). The first-order valence-corrected chi connectivity index (χ1v) is 17.1. The van der Waals surface area contributed by atoms with E-state index in [4.69, 9.17) is 16.3 Å². The van der Waals surface area contributed by atoms with Crippen molar-refractivity contribution in [1.29, 1.82) is 0 Å². The molecule has 4 aliphatic carbocycles. The van der Waals surface area contributed by atoms with Crippen LogP contribution in [0.3, 0.4) is 0 Å². The van der Waals surface area contributed by atoms with Gasteiger partial charge in [0.15, 0.2) is 0 Å². The summed E-state index contributed by atoms with van der Waals surface area (Å²) in [6.07, 6.45) is 16.7. The summed E-state index contributed by atoms with van der Waals surface area (Å²) in [5, 5.41) is 0. The van der Waals surface area contributed by atoms with Gasteiger partial charge < -0.3 is 4.74 Å². The predicted molar refractivity (Wildman–Crippen MR) is 174 cm³/mol. The van der Waals surface area contributed by atoms with Crippen LogP contribution >= 0.6 is 11.6 Å². The van der Waals surface area contributed by atoms with Crippen LogP contribution in [0, 0.1) is 40.4 Å². The Morgan fingerprint density at radius 1 is 0.905 bits per heavy atom. The molecule has 2 nitrogen and oxygen atoms in total. The van der Waals surface area contributed by atoms with Gasteiger partial charge in [0, 0.05) is 19.3 Å². The first kappa shape index (κ1) is 30.0. The van der Waals surface area contributed by atoms with Gasteiger partial charge in [-0.1, -0.05) is 93.6 Å². The van der Waals surface area contributed by atoms with E-state index in [2.05, 4.69) is 93.6 Å². The van der Waals surface area contributed by atoms with E-state index >= 15 is 0 Å². The highest BCUT2D eigenvalue weighted by atomic mass is 35.5. The molecule has 0 saturated heterocycles. The quantitative estimate of drug-likeness (QED) is 0.183. The van der Waals surface area contributed by atoms with Crippen molar-refractivity contribution in [2.45, 2.75) is 109 Å². The Balaban J connectivity index is 1.15. The van der Waals surface area contributed by atoms with E-state index in [9.17, 15) is 4.79 Å². The fourth-order valence-corrected chi connectivity index (χ4v) is 11.3. The molecule has 4 saturated carbocycles. The zero-order valence-corrected chi connectivity index (χ0v) is 27.0. The molecule has 0 heterocycles. The predicted octanol–water partition coefficient (Wildman–Crippen LogP) is 10.4. The van der Waals surface area contributed by atoms with Crippen molar-refractivity contribution in [2.75, 3.05) is 0 Å². The van der Waals surface area contributed by atoms with Gasteiger partial charge in [0.25, 0.3) is 0 Å². The number of halogens is 1. The zero-order valence-electron chi connectivity index (χ0n) is 26.2. The smallest absolute Gasteiger partial charge is 0.302 e. The van der Waals surface area contributed by atoms with E-state index in [1.807, 2.05) is 0 Å². The third-order valence-corrected chi connectivity index (χ3v) is 13.7. The third kappa shape index (κ3) is 5.29. The van der Waals surface area contributed by atoms with Crippen LogP contribution in [0.15, 0.2) is 72.8 Å². The summed E-state index contributed by atoms with van der Waals surface area (Å²) in [4.78, 5) is 11.5. The van der Waals surface area contributed by atoms with E-state index in [0.717, 1.165) is 49.9 Å². The number of hydrogen-bond donors (Lipinski definition) is 0. The zero-order chi connectivity index (χ0) is 29.5. The highest BCUT2D eigenvalue weighted by Gasteiger charge is 2.64. The number of rotatable bonds is 7. The molecule has 4 fully saturated rings. The SMILES string of the molecule is CC(=O)OC1CCC2(C)C3CCC4(C)C(C(C)CC=CC(c5ccccc5)c5ccccc5)CCC4C3CCC2(Cl)C1. The molecule has 9 atom stereocenters. The standard InChI is InChI=1S/C39H51ClO2/c1-27(12-11-17-32(29-13-7-5-8-14-29)30-15-9-6-10-16-30)34-18-19-35-33-21-25-39(40)26-31(42-28(2)41)20-24-38(39,4)36(33)22-23-37(34,35)3/h5-11,13-17,27,31-36H,12,18-26H2,1-4H3. The first-order valence-electron chi connectivity index (χ1n) is 16.8. The lowest BCUT2D eigenvalue weighted by atomic mass is 9.44. The molecule has 42 heavy (non-hydrogen) atoms. The van der Waals surface area contributed by atoms with Crippen LogP contribution in [0.25, 0.3) is 0 Å². The summed E-state index contributed by atoms with van der Waals surface area (Å²) in [5.74, 6) is 3.92. The van der Waals surface area contributed by atoms with Crippen LogP contribution in [-0.4, -0.2) is 16.9 Å². The number of benzene rings is 2. The number of esters is 1. The van der Waals surface area contributed by atoms with Crippen LogP contribution in [0.4, 0.5) is 0 Å². The number of allylic oxidation sites excluding steroid dienone is 2. The fraction of sp³-hybridized carbons (Fsp3) is 0.615. The summed E-state index contributed by atoms with van der Waals surface area (Å²) in [6, 6.07) is 21.9. The number of hydrogen-bond acceptors (Lipinski definition) is 2. The average molecular weight is 587 g/mol. The monoisotopic (exact) mass is 586 g/mol. The van der Waals surface area contributed by atoms with Crippen molar-refractivity contribution in [1.82, 2.24) is 0 Å². The molecule has 3 heteroatoms. The van der Waals surface area contributed by atoms with Gasteiger partial charge >= 0.3 is 5.97 Å². The van der Waals surface area contributed by atoms with Crippen LogP contribution in [0.2, 0.25) is 0 Å². The van der Waals surface area contributed by atoms with Crippen molar-refractivity contribution >= 4 is 17.6 Å². The minimum absolute atomic E-state index is 0.00775. The normalized spacial score (nSPS) is 38.5.